The molecule has 0 saturated heterocycles. The molecule has 108 valence electrons. The molecule has 5 N–H and O–H groups in total. The molecule has 0 fully saturated rings. The summed E-state index contributed by atoms with van der Waals surface area (Å²) in [4.78, 5) is 11.6. The zero-order chi connectivity index (χ0) is 14.1. The van der Waals surface area contributed by atoms with Crippen LogP contribution in [0.15, 0.2) is 12.1 Å². The lowest BCUT2D eigenvalue weighted by molar-refractivity contribution is -0.152. The van der Waals surface area contributed by atoms with E-state index in [1.54, 1.807) is 13.8 Å². The Balaban J connectivity index is 0.00000324. The molecule has 0 amide bonds. The number of hydrogen-bond acceptors (Lipinski definition) is 5. The minimum Gasteiger partial charge on any atom is -0.505 e. The predicted octanol–water partition coefficient (Wildman–Crippen LogP) is 1.73. The van der Waals surface area contributed by atoms with E-state index in [0.717, 1.165) is 12.1 Å². The maximum absolute atomic E-state index is 13.3. The lowest BCUT2D eigenvalue weighted by Gasteiger charge is -2.29. The summed E-state index contributed by atoms with van der Waals surface area (Å²) in [7, 11) is 1.23. The number of nitrogens with two attached hydrogens (primary N) is 2. The number of benzene rings is 1. The number of halogens is 2. The molecule has 1 aromatic rings. The van der Waals surface area contributed by atoms with Crippen molar-refractivity contribution in [1.29, 1.82) is 0 Å². The van der Waals surface area contributed by atoms with Crippen molar-refractivity contribution in [2.45, 2.75) is 19.9 Å². The lowest BCUT2D eigenvalue weighted by atomic mass is 9.80. The second kappa shape index (κ2) is 6.08. The van der Waals surface area contributed by atoms with Crippen LogP contribution in [0.25, 0.3) is 0 Å². The molecule has 0 saturated carbocycles. The summed E-state index contributed by atoms with van der Waals surface area (Å²) in [6.45, 7) is 3.09. The molecule has 0 aromatic heterocycles. The van der Waals surface area contributed by atoms with Crippen LogP contribution in [0.5, 0.6) is 5.75 Å². The van der Waals surface area contributed by atoms with Crippen molar-refractivity contribution < 1.29 is 19.0 Å². The van der Waals surface area contributed by atoms with E-state index >= 15 is 0 Å². The zero-order valence-electron chi connectivity index (χ0n) is 10.9. The molecule has 0 aliphatic rings. The molecular formula is C12H18ClFN2O3. The fraction of sp³-hybridized carbons (Fsp3) is 0.417. The molecule has 1 rings (SSSR count). The monoisotopic (exact) mass is 292 g/mol. The van der Waals surface area contributed by atoms with E-state index in [-0.39, 0.29) is 29.4 Å². The minimum atomic E-state index is -1.12. The minimum absolute atomic E-state index is 0. The Morgan fingerprint density at radius 2 is 2.00 bits per heavy atom. The van der Waals surface area contributed by atoms with E-state index < -0.39 is 23.2 Å². The third kappa shape index (κ3) is 3.27. The van der Waals surface area contributed by atoms with Gasteiger partial charge in [-0.2, -0.15) is 0 Å². The van der Waals surface area contributed by atoms with Crippen molar-refractivity contribution in [1.82, 2.24) is 0 Å². The predicted molar refractivity (Wildman–Crippen MR) is 72.5 cm³/mol. The SMILES string of the molecule is COC(=O)C(C)(C)[C@H](N)c1cc(F)cc(N)c1O.Cl. The Morgan fingerprint density at radius 1 is 1.47 bits per heavy atom. The van der Waals surface area contributed by atoms with E-state index in [1.165, 1.54) is 7.11 Å². The second-order valence-corrected chi connectivity index (χ2v) is 4.62. The second-order valence-electron chi connectivity index (χ2n) is 4.62. The molecule has 0 aliphatic carbocycles. The van der Waals surface area contributed by atoms with E-state index in [0.29, 0.717) is 0 Å². The van der Waals surface area contributed by atoms with Crippen molar-refractivity contribution in [3.8, 4) is 5.75 Å². The first kappa shape index (κ1) is 17.5. The van der Waals surface area contributed by atoms with E-state index in [9.17, 15) is 14.3 Å². The average Bonchev–Trinajstić information content (AvgIpc) is 2.31. The number of rotatable bonds is 3. The number of anilines is 1. The smallest absolute Gasteiger partial charge is 0.313 e. The fourth-order valence-electron chi connectivity index (χ4n) is 1.66. The molecule has 5 nitrogen and oxygen atoms in total. The van der Waals surface area contributed by atoms with Gasteiger partial charge in [-0.1, -0.05) is 0 Å². The molecule has 0 aliphatic heterocycles. The van der Waals surface area contributed by atoms with Crippen LogP contribution < -0.4 is 11.5 Å². The third-order valence-electron chi connectivity index (χ3n) is 2.96. The first-order valence-electron chi connectivity index (χ1n) is 5.33. The van der Waals surface area contributed by atoms with Crippen molar-refractivity contribution in [2.75, 3.05) is 12.8 Å². The van der Waals surface area contributed by atoms with Gasteiger partial charge in [-0.05, 0) is 19.9 Å². The topological polar surface area (TPSA) is 98.6 Å². The number of methoxy groups -OCH3 is 1. The summed E-state index contributed by atoms with van der Waals surface area (Å²) in [5.74, 6) is -1.51. The molecule has 1 aromatic carbocycles. The number of carbonyl (C=O) groups is 1. The number of nitrogen functional groups attached to an aromatic ring is 1. The Hall–Kier alpha value is -1.53. The first-order valence-corrected chi connectivity index (χ1v) is 5.33. The average molecular weight is 293 g/mol. The quantitative estimate of drug-likeness (QED) is 0.448. The molecular weight excluding hydrogens is 275 g/mol. The number of phenolic OH excluding ortho intramolecular Hbond substituents is 1. The van der Waals surface area contributed by atoms with Gasteiger partial charge in [0.2, 0.25) is 0 Å². The summed E-state index contributed by atoms with van der Waals surface area (Å²) < 4.78 is 17.9. The number of hydrogen-bond donors (Lipinski definition) is 3. The number of carbonyl (C=O) groups excluding carboxylic acids is 1. The standard InChI is InChI=1S/C12H17FN2O3.ClH/c1-12(2,11(17)18-3)10(15)7-4-6(13)5-8(14)9(7)16;/h4-5,10,16H,14-15H2,1-3H3;1H/t10-;/m1./s1. The highest BCUT2D eigenvalue weighted by Crippen LogP contribution is 2.39. The van der Waals surface area contributed by atoms with Gasteiger partial charge in [-0.25, -0.2) is 4.39 Å². The molecule has 0 unspecified atom stereocenters. The van der Waals surface area contributed by atoms with Crippen LogP contribution in [0.1, 0.15) is 25.5 Å². The maximum atomic E-state index is 13.3. The lowest BCUT2D eigenvalue weighted by Crippen LogP contribution is -2.37. The summed E-state index contributed by atoms with van der Waals surface area (Å²) in [5, 5.41) is 9.79. The van der Waals surface area contributed by atoms with Crippen LogP contribution in [0, 0.1) is 11.2 Å². The van der Waals surface area contributed by atoms with Gasteiger partial charge >= 0.3 is 5.97 Å². The Bertz CT molecular complexity index is 480. The number of ether oxygens (including phenoxy) is 1. The van der Waals surface area contributed by atoms with Gasteiger partial charge in [0.25, 0.3) is 0 Å². The van der Waals surface area contributed by atoms with E-state index in [4.69, 9.17) is 11.5 Å². The summed E-state index contributed by atoms with van der Waals surface area (Å²) in [6.07, 6.45) is 0. The van der Waals surface area contributed by atoms with Gasteiger partial charge in [0.15, 0.2) is 0 Å². The van der Waals surface area contributed by atoms with Gasteiger partial charge in [-0.15, -0.1) is 12.4 Å². The zero-order valence-corrected chi connectivity index (χ0v) is 11.8. The molecule has 19 heavy (non-hydrogen) atoms. The maximum Gasteiger partial charge on any atom is 0.313 e. The van der Waals surface area contributed by atoms with Crippen LogP contribution in [-0.2, 0) is 9.53 Å². The van der Waals surface area contributed by atoms with Gasteiger partial charge in [0, 0.05) is 17.7 Å². The number of phenols is 1. The largest absolute Gasteiger partial charge is 0.505 e. The Labute approximate surface area is 117 Å². The summed E-state index contributed by atoms with van der Waals surface area (Å²) in [5.41, 5.74) is 10.2. The number of esters is 1. The highest BCUT2D eigenvalue weighted by molar-refractivity contribution is 5.85. The van der Waals surface area contributed by atoms with Crippen LogP contribution in [0.3, 0.4) is 0 Å². The van der Waals surface area contributed by atoms with Crippen molar-refractivity contribution in [3.05, 3.63) is 23.5 Å². The Morgan fingerprint density at radius 3 is 2.47 bits per heavy atom. The van der Waals surface area contributed by atoms with Crippen molar-refractivity contribution in [2.24, 2.45) is 11.1 Å². The fourth-order valence-corrected chi connectivity index (χ4v) is 1.66. The number of aromatic hydroxyl groups is 1. The third-order valence-corrected chi connectivity index (χ3v) is 2.96. The molecule has 1 atom stereocenters. The Kier molecular flexibility index (Phi) is 5.59. The molecule has 0 spiro atoms. The van der Waals surface area contributed by atoms with Crippen LogP contribution in [0.2, 0.25) is 0 Å². The normalized spacial score (nSPS) is 12.5. The van der Waals surface area contributed by atoms with Gasteiger partial charge < -0.3 is 21.3 Å². The summed E-state index contributed by atoms with van der Waals surface area (Å²) in [6, 6.07) is 1.10. The summed E-state index contributed by atoms with van der Waals surface area (Å²) >= 11 is 0. The van der Waals surface area contributed by atoms with Gasteiger partial charge in [0.1, 0.15) is 11.6 Å². The highest BCUT2D eigenvalue weighted by atomic mass is 35.5. The molecule has 0 heterocycles. The van der Waals surface area contributed by atoms with Crippen molar-refractivity contribution in [3.63, 3.8) is 0 Å². The van der Waals surface area contributed by atoms with Crippen molar-refractivity contribution >= 4 is 24.1 Å². The van der Waals surface area contributed by atoms with E-state index in [1.807, 2.05) is 0 Å². The van der Waals surface area contributed by atoms with Crippen LogP contribution >= 0.6 is 12.4 Å². The van der Waals surface area contributed by atoms with Crippen LogP contribution in [0.4, 0.5) is 10.1 Å². The van der Waals surface area contributed by atoms with Gasteiger partial charge in [0.05, 0.1) is 18.2 Å². The molecule has 0 radical (unpaired) electrons. The first-order chi connectivity index (χ1) is 8.21. The van der Waals surface area contributed by atoms with Crippen LogP contribution in [-0.4, -0.2) is 18.2 Å². The van der Waals surface area contributed by atoms with Gasteiger partial charge in [-0.3, -0.25) is 4.79 Å². The highest BCUT2D eigenvalue weighted by Gasteiger charge is 2.38. The molecule has 7 heteroatoms. The molecule has 0 bridgehead atoms. The van der Waals surface area contributed by atoms with E-state index in [2.05, 4.69) is 4.74 Å².